The minimum atomic E-state index is -0.525. The summed E-state index contributed by atoms with van der Waals surface area (Å²) in [7, 11) is 0. The number of carbonyl (C=O) groups is 1. The molecule has 0 atom stereocenters. The molecule has 0 aliphatic carbocycles. The molecule has 0 unspecified atom stereocenters. The fraction of sp³-hybridized carbons (Fsp3) is 0.174. The van der Waals surface area contributed by atoms with Crippen LogP contribution in [0.1, 0.15) is 27.4 Å². The summed E-state index contributed by atoms with van der Waals surface area (Å²) in [6, 6.07) is 13.2. The lowest BCUT2D eigenvalue weighted by Gasteiger charge is -2.07. The molecule has 2 heterocycles. The number of nitrogens with one attached hydrogen (secondary N) is 1. The third kappa shape index (κ3) is 5.35. The van der Waals surface area contributed by atoms with Gasteiger partial charge < -0.3 is 10.1 Å². The summed E-state index contributed by atoms with van der Waals surface area (Å²) in [6.07, 6.45) is 1.61. The van der Waals surface area contributed by atoms with E-state index in [1.165, 1.54) is 22.9 Å². The SMILES string of the molecule is Cc1nn(Cc2cccc(Cl)c2)c(C)c1NC(=O)c1ccn(COc2ccc(F)c(Cl)c2)n1. The smallest absolute Gasteiger partial charge is 0.276 e. The second-order valence-electron chi connectivity index (χ2n) is 7.38. The number of anilines is 1. The van der Waals surface area contributed by atoms with Gasteiger partial charge in [0.15, 0.2) is 12.4 Å². The maximum absolute atomic E-state index is 13.3. The first-order valence-electron chi connectivity index (χ1n) is 10.0. The molecule has 2 aromatic carbocycles. The monoisotopic (exact) mass is 487 g/mol. The standard InChI is InChI=1S/C23H20Cl2FN5O2/c1-14-22(15(2)31(28-14)12-16-4-3-5-17(24)10-16)27-23(32)21-8-9-30(29-21)13-33-18-6-7-20(26)19(25)11-18/h3-11H,12-13H2,1-2H3,(H,27,32). The van der Waals surface area contributed by atoms with Crippen molar-refractivity contribution in [3.8, 4) is 5.75 Å². The van der Waals surface area contributed by atoms with E-state index in [0.29, 0.717) is 28.7 Å². The van der Waals surface area contributed by atoms with Crippen molar-refractivity contribution in [1.82, 2.24) is 19.6 Å². The summed E-state index contributed by atoms with van der Waals surface area (Å²) >= 11 is 11.8. The van der Waals surface area contributed by atoms with Crippen molar-refractivity contribution in [2.24, 2.45) is 0 Å². The van der Waals surface area contributed by atoms with Gasteiger partial charge in [-0.05, 0) is 49.7 Å². The summed E-state index contributed by atoms with van der Waals surface area (Å²) in [4.78, 5) is 12.8. The molecule has 0 aliphatic rings. The first-order valence-corrected chi connectivity index (χ1v) is 10.8. The molecule has 1 amide bonds. The largest absolute Gasteiger partial charge is 0.471 e. The number of halogens is 3. The second kappa shape index (κ2) is 9.64. The number of ether oxygens (including phenoxy) is 1. The van der Waals surface area contributed by atoms with Crippen LogP contribution in [0.5, 0.6) is 5.75 Å². The van der Waals surface area contributed by atoms with E-state index in [1.54, 1.807) is 12.3 Å². The van der Waals surface area contributed by atoms with Crippen LogP contribution in [-0.2, 0) is 13.3 Å². The van der Waals surface area contributed by atoms with Crippen molar-refractivity contribution < 1.29 is 13.9 Å². The molecule has 170 valence electrons. The summed E-state index contributed by atoms with van der Waals surface area (Å²) in [5.41, 5.74) is 3.37. The van der Waals surface area contributed by atoms with Crippen LogP contribution in [0, 0.1) is 19.7 Å². The lowest BCUT2D eigenvalue weighted by molar-refractivity contribution is 0.102. The van der Waals surface area contributed by atoms with Gasteiger partial charge in [-0.25, -0.2) is 9.07 Å². The molecule has 10 heteroatoms. The Morgan fingerprint density at radius 2 is 1.94 bits per heavy atom. The summed E-state index contributed by atoms with van der Waals surface area (Å²) in [5, 5.41) is 12.3. The first-order chi connectivity index (χ1) is 15.8. The van der Waals surface area contributed by atoms with Crippen molar-refractivity contribution in [3.63, 3.8) is 0 Å². The quantitative estimate of drug-likeness (QED) is 0.374. The number of hydrogen-bond donors (Lipinski definition) is 1. The van der Waals surface area contributed by atoms with Crippen LogP contribution in [0.3, 0.4) is 0 Å². The van der Waals surface area contributed by atoms with Gasteiger partial charge in [-0.15, -0.1) is 0 Å². The van der Waals surface area contributed by atoms with E-state index in [9.17, 15) is 9.18 Å². The average molecular weight is 488 g/mol. The lowest BCUT2D eigenvalue weighted by Crippen LogP contribution is -2.15. The van der Waals surface area contributed by atoms with Gasteiger partial charge in [0.25, 0.3) is 5.91 Å². The number of carbonyl (C=O) groups excluding carboxylic acids is 1. The normalized spacial score (nSPS) is 10.9. The van der Waals surface area contributed by atoms with Crippen LogP contribution in [0.2, 0.25) is 10.0 Å². The molecule has 0 saturated carbocycles. The molecule has 0 aliphatic heterocycles. The fourth-order valence-corrected chi connectivity index (χ4v) is 3.66. The highest BCUT2D eigenvalue weighted by molar-refractivity contribution is 6.31. The molecular weight excluding hydrogens is 468 g/mol. The van der Waals surface area contributed by atoms with Crippen LogP contribution in [0.15, 0.2) is 54.7 Å². The number of aryl methyl sites for hydroxylation is 1. The molecule has 7 nitrogen and oxygen atoms in total. The number of rotatable bonds is 7. The number of hydrogen-bond acceptors (Lipinski definition) is 4. The lowest BCUT2D eigenvalue weighted by atomic mass is 10.2. The average Bonchev–Trinajstić information content (AvgIpc) is 3.35. The maximum atomic E-state index is 13.3. The van der Waals surface area contributed by atoms with Crippen LogP contribution < -0.4 is 10.1 Å². The molecule has 4 aromatic rings. The zero-order valence-electron chi connectivity index (χ0n) is 17.8. The minimum Gasteiger partial charge on any atom is -0.471 e. The van der Waals surface area contributed by atoms with Crippen molar-refractivity contribution >= 4 is 34.8 Å². The Morgan fingerprint density at radius 3 is 2.70 bits per heavy atom. The molecule has 1 N–H and O–H groups in total. The third-order valence-corrected chi connectivity index (χ3v) is 5.49. The van der Waals surface area contributed by atoms with Gasteiger partial charge >= 0.3 is 0 Å². The molecule has 4 rings (SSSR count). The van der Waals surface area contributed by atoms with Crippen molar-refractivity contribution in [1.29, 1.82) is 0 Å². The van der Waals surface area contributed by atoms with Gasteiger partial charge in [-0.1, -0.05) is 35.3 Å². The van der Waals surface area contributed by atoms with Gasteiger partial charge in [-0.3, -0.25) is 9.48 Å². The van der Waals surface area contributed by atoms with E-state index >= 15 is 0 Å². The highest BCUT2D eigenvalue weighted by Gasteiger charge is 2.17. The van der Waals surface area contributed by atoms with E-state index < -0.39 is 5.82 Å². The maximum Gasteiger partial charge on any atom is 0.276 e. The van der Waals surface area contributed by atoms with E-state index in [1.807, 2.05) is 42.8 Å². The van der Waals surface area contributed by atoms with E-state index in [4.69, 9.17) is 27.9 Å². The Balaban J connectivity index is 1.42. The van der Waals surface area contributed by atoms with Gasteiger partial charge in [0.2, 0.25) is 0 Å². The number of benzene rings is 2. The molecular formula is C23H20Cl2FN5O2. The molecule has 33 heavy (non-hydrogen) atoms. The molecule has 0 fully saturated rings. The fourth-order valence-electron chi connectivity index (χ4n) is 3.28. The van der Waals surface area contributed by atoms with Crippen molar-refractivity contribution in [2.75, 3.05) is 5.32 Å². The minimum absolute atomic E-state index is 0.0326. The van der Waals surface area contributed by atoms with Gasteiger partial charge in [-0.2, -0.15) is 10.2 Å². The number of nitrogens with zero attached hydrogens (tertiary/aromatic N) is 4. The first kappa shape index (κ1) is 22.8. The van der Waals surface area contributed by atoms with Crippen LogP contribution in [-0.4, -0.2) is 25.5 Å². The molecule has 2 aromatic heterocycles. The van der Waals surface area contributed by atoms with Crippen LogP contribution in [0.25, 0.3) is 0 Å². The second-order valence-corrected chi connectivity index (χ2v) is 8.22. The predicted octanol–water partition coefficient (Wildman–Crippen LogP) is 5.48. The van der Waals surface area contributed by atoms with Crippen LogP contribution in [0.4, 0.5) is 10.1 Å². The zero-order chi connectivity index (χ0) is 23.5. The van der Waals surface area contributed by atoms with Crippen molar-refractivity contribution in [2.45, 2.75) is 27.1 Å². The Bertz CT molecular complexity index is 1320. The summed E-state index contributed by atoms with van der Waals surface area (Å²) in [6.45, 7) is 4.28. The Hall–Kier alpha value is -3.36. The van der Waals surface area contributed by atoms with Gasteiger partial charge in [0.1, 0.15) is 11.6 Å². The highest BCUT2D eigenvalue weighted by Crippen LogP contribution is 2.23. The highest BCUT2D eigenvalue weighted by atomic mass is 35.5. The van der Waals surface area contributed by atoms with Gasteiger partial charge in [0, 0.05) is 17.3 Å². The van der Waals surface area contributed by atoms with E-state index in [2.05, 4.69) is 15.5 Å². The number of amides is 1. The topological polar surface area (TPSA) is 74.0 Å². The van der Waals surface area contributed by atoms with Gasteiger partial charge in [0.05, 0.1) is 28.6 Å². The van der Waals surface area contributed by atoms with E-state index in [0.717, 1.165) is 11.3 Å². The molecule has 0 saturated heterocycles. The summed E-state index contributed by atoms with van der Waals surface area (Å²) < 4.78 is 22.1. The molecule has 0 radical (unpaired) electrons. The molecule has 0 bridgehead atoms. The predicted molar refractivity (Wildman–Crippen MR) is 124 cm³/mol. The van der Waals surface area contributed by atoms with E-state index in [-0.39, 0.29) is 23.4 Å². The Kier molecular flexibility index (Phi) is 6.67. The third-order valence-electron chi connectivity index (χ3n) is 4.97. The van der Waals surface area contributed by atoms with Crippen LogP contribution >= 0.6 is 23.2 Å². The Labute approximate surface area is 199 Å². The van der Waals surface area contributed by atoms with Crippen molar-refractivity contribution in [3.05, 3.63) is 93.2 Å². The Morgan fingerprint density at radius 1 is 1.12 bits per heavy atom. The molecule has 0 spiro atoms. The zero-order valence-corrected chi connectivity index (χ0v) is 19.4. The number of aromatic nitrogens is 4. The summed E-state index contributed by atoms with van der Waals surface area (Å²) in [5.74, 6) is -0.503.